The molecule has 1 aliphatic rings. The Balaban J connectivity index is 1.64. The van der Waals surface area contributed by atoms with E-state index in [1.165, 1.54) is 9.69 Å². The van der Waals surface area contributed by atoms with Crippen LogP contribution >= 0.6 is 11.3 Å². The standard InChI is InChI=1S/C18H17N5O4S/c1-11-18(23(25)26)12(2)21(19-11)10-17(24)22-14(16-6-4-8-28-16)9-13(20-22)15-5-3-7-27-15/h3-8,14H,9-10H2,1-2H3. The summed E-state index contributed by atoms with van der Waals surface area (Å²) in [4.78, 5) is 24.8. The van der Waals surface area contributed by atoms with Gasteiger partial charge in [0.1, 0.15) is 29.4 Å². The van der Waals surface area contributed by atoms with Crippen molar-refractivity contribution in [3.05, 3.63) is 68.0 Å². The third-order valence-electron chi connectivity index (χ3n) is 4.65. The van der Waals surface area contributed by atoms with Crippen LogP contribution in [0.25, 0.3) is 0 Å². The Morgan fingerprint density at radius 2 is 2.21 bits per heavy atom. The lowest BCUT2D eigenvalue weighted by atomic mass is 10.1. The Labute approximate surface area is 164 Å². The van der Waals surface area contributed by atoms with Gasteiger partial charge in [-0.25, -0.2) is 5.01 Å². The molecular formula is C18H17N5O4S. The summed E-state index contributed by atoms with van der Waals surface area (Å²) in [6, 6.07) is 7.24. The van der Waals surface area contributed by atoms with Crippen LogP contribution in [-0.2, 0) is 11.3 Å². The number of furan rings is 1. The molecule has 4 heterocycles. The van der Waals surface area contributed by atoms with Crippen molar-refractivity contribution in [3.8, 4) is 0 Å². The summed E-state index contributed by atoms with van der Waals surface area (Å²) in [7, 11) is 0. The molecule has 28 heavy (non-hydrogen) atoms. The molecule has 0 spiro atoms. The maximum atomic E-state index is 13.0. The molecule has 0 saturated carbocycles. The van der Waals surface area contributed by atoms with Crippen molar-refractivity contribution in [2.45, 2.75) is 32.9 Å². The van der Waals surface area contributed by atoms with Crippen molar-refractivity contribution in [3.63, 3.8) is 0 Å². The first kappa shape index (κ1) is 18.1. The van der Waals surface area contributed by atoms with E-state index >= 15 is 0 Å². The van der Waals surface area contributed by atoms with Crippen LogP contribution in [0, 0.1) is 24.0 Å². The number of thiophene rings is 1. The Kier molecular flexibility index (Phi) is 4.55. The second-order valence-electron chi connectivity index (χ2n) is 6.43. The number of nitrogens with zero attached hydrogens (tertiary/aromatic N) is 5. The summed E-state index contributed by atoms with van der Waals surface area (Å²) in [6.07, 6.45) is 2.11. The zero-order valence-corrected chi connectivity index (χ0v) is 16.0. The molecule has 0 fully saturated rings. The predicted molar refractivity (Wildman–Crippen MR) is 102 cm³/mol. The number of hydrogen-bond donors (Lipinski definition) is 0. The van der Waals surface area contributed by atoms with Gasteiger partial charge in [0, 0.05) is 11.3 Å². The van der Waals surface area contributed by atoms with E-state index in [1.54, 1.807) is 37.5 Å². The second-order valence-corrected chi connectivity index (χ2v) is 7.41. The van der Waals surface area contributed by atoms with Crippen LogP contribution in [0.1, 0.15) is 34.5 Å². The van der Waals surface area contributed by atoms with Crippen molar-refractivity contribution in [1.29, 1.82) is 0 Å². The van der Waals surface area contributed by atoms with Gasteiger partial charge in [-0.2, -0.15) is 10.2 Å². The minimum absolute atomic E-state index is 0.0659. The molecule has 0 aliphatic carbocycles. The number of nitro groups is 1. The summed E-state index contributed by atoms with van der Waals surface area (Å²) < 4.78 is 6.80. The smallest absolute Gasteiger partial charge is 0.312 e. The molecule has 4 rings (SSSR count). The largest absolute Gasteiger partial charge is 0.463 e. The fourth-order valence-corrected chi connectivity index (χ4v) is 4.15. The Morgan fingerprint density at radius 1 is 1.39 bits per heavy atom. The maximum absolute atomic E-state index is 13.0. The third kappa shape index (κ3) is 3.11. The molecule has 1 atom stereocenters. The summed E-state index contributed by atoms with van der Waals surface area (Å²) in [5, 5.41) is 23.3. The van der Waals surface area contributed by atoms with Crippen LogP contribution in [0.5, 0.6) is 0 Å². The molecule has 0 bridgehead atoms. The minimum atomic E-state index is -0.476. The fourth-order valence-electron chi connectivity index (χ4n) is 3.34. The van der Waals surface area contributed by atoms with Gasteiger partial charge in [-0.3, -0.25) is 19.6 Å². The monoisotopic (exact) mass is 399 g/mol. The van der Waals surface area contributed by atoms with E-state index in [1.807, 2.05) is 23.6 Å². The van der Waals surface area contributed by atoms with E-state index in [4.69, 9.17) is 4.42 Å². The molecule has 9 nitrogen and oxygen atoms in total. The van der Waals surface area contributed by atoms with Crippen molar-refractivity contribution in [1.82, 2.24) is 14.8 Å². The topological polar surface area (TPSA) is 107 Å². The molecule has 0 N–H and O–H groups in total. The van der Waals surface area contributed by atoms with Gasteiger partial charge in [-0.1, -0.05) is 6.07 Å². The highest BCUT2D eigenvalue weighted by Crippen LogP contribution is 2.35. The summed E-state index contributed by atoms with van der Waals surface area (Å²) in [5.74, 6) is 0.332. The van der Waals surface area contributed by atoms with Gasteiger partial charge in [0.05, 0.1) is 17.2 Å². The van der Waals surface area contributed by atoms with Gasteiger partial charge in [-0.05, 0) is 37.4 Å². The van der Waals surface area contributed by atoms with Crippen molar-refractivity contribution in [2.24, 2.45) is 5.10 Å². The summed E-state index contributed by atoms with van der Waals surface area (Å²) in [6.45, 7) is 3.02. The number of aryl methyl sites for hydroxylation is 1. The first-order chi connectivity index (χ1) is 13.5. The molecule has 144 valence electrons. The van der Waals surface area contributed by atoms with Crippen molar-refractivity contribution < 1.29 is 14.1 Å². The Hall–Kier alpha value is -3.27. The lowest BCUT2D eigenvalue weighted by Crippen LogP contribution is -2.30. The summed E-state index contributed by atoms with van der Waals surface area (Å²) >= 11 is 1.55. The van der Waals surface area contributed by atoms with Gasteiger partial charge < -0.3 is 4.42 Å². The van der Waals surface area contributed by atoms with Gasteiger partial charge >= 0.3 is 5.69 Å². The number of amides is 1. The quantitative estimate of drug-likeness (QED) is 0.482. The predicted octanol–water partition coefficient (Wildman–Crippen LogP) is 3.44. The molecule has 0 aromatic carbocycles. The number of carbonyl (C=O) groups is 1. The average molecular weight is 399 g/mol. The highest BCUT2D eigenvalue weighted by Gasteiger charge is 2.35. The van der Waals surface area contributed by atoms with Crippen LogP contribution in [-0.4, -0.2) is 31.3 Å². The van der Waals surface area contributed by atoms with E-state index in [-0.39, 0.29) is 29.9 Å². The molecule has 0 radical (unpaired) electrons. The van der Waals surface area contributed by atoms with E-state index in [2.05, 4.69) is 10.2 Å². The molecule has 1 unspecified atom stereocenters. The van der Waals surface area contributed by atoms with Crippen LogP contribution < -0.4 is 0 Å². The van der Waals surface area contributed by atoms with E-state index < -0.39 is 4.92 Å². The van der Waals surface area contributed by atoms with Gasteiger partial charge in [0.15, 0.2) is 0 Å². The SMILES string of the molecule is Cc1nn(CC(=O)N2N=C(c3ccco3)CC2c2cccs2)c(C)c1[N+](=O)[O-]. The maximum Gasteiger partial charge on any atom is 0.312 e. The third-order valence-corrected chi connectivity index (χ3v) is 5.63. The highest BCUT2D eigenvalue weighted by atomic mass is 32.1. The number of aromatic nitrogens is 2. The van der Waals surface area contributed by atoms with Crippen LogP contribution in [0.15, 0.2) is 45.4 Å². The average Bonchev–Trinajstić information content (AvgIpc) is 3.42. The summed E-state index contributed by atoms with van der Waals surface area (Å²) in [5.41, 5.74) is 1.25. The highest BCUT2D eigenvalue weighted by molar-refractivity contribution is 7.10. The van der Waals surface area contributed by atoms with Crippen molar-refractivity contribution >= 4 is 28.6 Å². The van der Waals surface area contributed by atoms with Crippen LogP contribution in [0.2, 0.25) is 0 Å². The first-order valence-electron chi connectivity index (χ1n) is 8.61. The molecule has 3 aromatic rings. The zero-order chi connectivity index (χ0) is 19.8. The Bertz CT molecular complexity index is 1050. The lowest BCUT2D eigenvalue weighted by Gasteiger charge is -2.20. The zero-order valence-electron chi connectivity index (χ0n) is 15.2. The normalized spacial score (nSPS) is 16.4. The van der Waals surface area contributed by atoms with Crippen LogP contribution in [0.3, 0.4) is 0 Å². The molecule has 1 aliphatic heterocycles. The molecule has 10 heteroatoms. The number of hydrazone groups is 1. The van der Waals surface area contributed by atoms with E-state index in [0.717, 1.165) is 4.88 Å². The van der Waals surface area contributed by atoms with Gasteiger partial charge in [-0.15, -0.1) is 11.3 Å². The van der Waals surface area contributed by atoms with Gasteiger partial charge in [0.25, 0.3) is 5.91 Å². The Morgan fingerprint density at radius 3 is 2.82 bits per heavy atom. The van der Waals surface area contributed by atoms with E-state index in [0.29, 0.717) is 23.6 Å². The molecular weight excluding hydrogens is 382 g/mol. The second kappa shape index (κ2) is 7.04. The van der Waals surface area contributed by atoms with Crippen LogP contribution in [0.4, 0.5) is 5.69 Å². The fraction of sp³-hybridized carbons (Fsp3) is 0.278. The van der Waals surface area contributed by atoms with Gasteiger partial charge in [0.2, 0.25) is 0 Å². The van der Waals surface area contributed by atoms with E-state index in [9.17, 15) is 14.9 Å². The molecule has 3 aromatic heterocycles. The lowest BCUT2D eigenvalue weighted by molar-refractivity contribution is -0.386. The first-order valence-corrected chi connectivity index (χ1v) is 9.49. The molecule has 1 amide bonds. The molecule has 0 saturated heterocycles. The number of hydrogen-bond acceptors (Lipinski definition) is 7. The number of carbonyl (C=O) groups excluding carboxylic acids is 1. The van der Waals surface area contributed by atoms with Crippen molar-refractivity contribution in [2.75, 3.05) is 0 Å². The number of rotatable bonds is 5. The minimum Gasteiger partial charge on any atom is -0.463 e.